The number of hydrogen-bond acceptors (Lipinski definition) is 3. The Morgan fingerprint density at radius 2 is 2.13 bits per heavy atom. The van der Waals surface area contributed by atoms with Crippen LogP contribution in [0.25, 0.3) is 16.8 Å². The summed E-state index contributed by atoms with van der Waals surface area (Å²) in [5.74, 6) is 2.75. The number of hydrogen-bond donors (Lipinski definition) is 0. The summed E-state index contributed by atoms with van der Waals surface area (Å²) in [7, 11) is 0. The first-order chi connectivity index (χ1) is 7.45. The van der Waals surface area contributed by atoms with Crippen molar-refractivity contribution < 1.29 is 0 Å². The van der Waals surface area contributed by atoms with Crippen molar-refractivity contribution >= 4 is 28.9 Å². The zero-order valence-corrected chi connectivity index (χ0v) is 7.88. The molecular weight excluding hydrogens is 186 g/mol. The second kappa shape index (κ2) is 3.15. The van der Waals surface area contributed by atoms with Crippen molar-refractivity contribution in [2.45, 2.75) is 0 Å². The zero-order chi connectivity index (χ0) is 10.1. The predicted molar refractivity (Wildman–Crippen MR) is 61.2 cm³/mol. The molecule has 15 heavy (non-hydrogen) atoms. The summed E-state index contributed by atoms with van der Waals surface area (Å²) in [4.78, 5) is 4.09. The van der Waals surface area contributed by atoms with Crippen LogP contribution in [0.2, 0.25) is 0 Å². The van der Waals surface area contributed by atoms with Gasteiger partial charge in [-0.05, 0) is 17.0 Å². The van der Waals surface area contributed by atoms with Gasteiger partial charge >= 0.3 is 0 Å². The standard InChI is InChI=1S/C12H7N3/c1-2-10-7-13-5-4-11(10)12-8-15-14-6-3-9(1)12/h1-5,7-8H. The van der Waals surface area contributed by atoms with E-state index in [2.05, 4.69) is 21.1 Å². The Morgan fingerprint density at radius 3 is 3.13 bits per heavy atom. The molecule has 0 atom stereocenters. The van der Waals surface area contributed by atoms with Gasteiger partial charge in [0.15, 0.2) is 0 Å². The van der Waals surface area contributed by atoms with Gasteiger partial charge in [0, 0.05) is 35.3 Å². The second-order valence-corrected chi connectivity index (χ2v) is 3.28. The van der Waals surface area contributed by atoms with E-state index in [9.17, 15) is 0 Å². The molecule has 70 valence electrons. The SMILES string of the molecule is C1=Cc2ccc3cnccc3c2C=NN=1. The van der Waals surface area contributed by atoms with Gasteiger partial charge in [-0.1, -0.05) is 12.1 Å². The van der Waals surface area contributed by atoms with Gasteiger partial charge in [-0.3, -0.25) is 4.98 Å². The fraction of sp³-hybridized carbons (Fsp3) is 0. The summed E-state index contributed by atoms with van der Waals surface area (Å²) in [6, 6.07) is 6.05. The fourth-order valence-electron chi connectivity index (χ4n) is 1.70. The van der Waals surface area contributed by atoms with Gasteiger partial charge in [-0.25, -0.2) is 0 Å². The number of benzene rings is 1. The number of aromatic nitrogens is 1. The van der Waals surface area contributed by atoms with E-state index in [0.717, 1.165) is 21.9 Å². The van der Waals surface area contributed by atoms with Crippen molar-refractivity contribution in [1.82, 2.24) is 4.98 Å². The van der Waals surface area contributed by atoms with Crippen molar-refractivity contribution in [3.05, 3.63) is 41.7 Å². The molecule has 0 unspecified atom stereocenters. The maximum atomic E-state index is 4.09. The normalized spacial score (nSPS) is 12.8. The van der Waals surface area contributed by atoms with Gasteiger partial charge in [-0.2, -0.15) is 0 Å². The molecular formula is C12H7N3. The van der Waals surface area contributed by atoms with Crippen LogP contribution in [0.15, 0.2) is 40.8 Å². The summed E-state index contributed by atoms with van der Waals surface area (Å²) in [6.45, 7) is 0. The third kappa shape index (κ3) is 1.26. The molecule has 3 nitrogen and oxygen atoms in total. The Hall–Kier alpha value is -2.25. The molecule has 0 fully saturated rings. The molecule has 3 heteroatoms. The minimum atomic E-state index is 1.07. The number of fused-ring (bicyclic) bond motifs is 3. The summed E-state index contributed by atoms with van der Waals surface area (Å²) < 4.78 is 0. The third-order valence-corrected chi connectivity index (χ3v) is 2.42. The van der Waals surface area contributed by atoms with Crippen LogP contribution in [0.3, 0.4) is 0 Å². The van der Waals surface area contributed by atoms with Gasteiger partial charge in [0.1, 0.15) is 0 Å². The summed E-state index contributed by atoms with van der Waals surface area (Å²) in [5, 5.41) is 9.89. The van der Waals surface area contributed by atoms with Crippen LogP contribution in [0, 0.1) is 0 Å². The molecule has 2 aromatic rings. The Balaban J connectivity index is 2.45. The van der Waals surface area contributed by atoms with Crippen molar-refractivity contribution in [3.8, 4) is 0 Å². The van der Waals surface area contributed by atoms with Crippen LogP contribution in [-0.2, 0) is 0 Å². The molecule has 0 bridgehead atoms. The highest BCUT2D eigenvalue weighted by molar-refractivity contribution is 6.05. The average Bonchev–Trinajstić information content (AvgIpc) is 2.54. The van der Waals surface area contributed by atoms with E-state index >= 15 is 0 Å². The van der Waals surface area contributed by atoms with Crippen LogP contribution in [-0.4, -0.2) is 17.1 Å². The van der Waals surface area contributed by atoms with Crippen molar-refractivity contribution in [2.75, 3.05) is 0 Å². The lowest BCUT2D eigenvalue weighted by molar-refractivity contribution is 1.28. The molecule has 3 rings (SSSR count). The maximum Gasteiger partial charge on any atom is 0.0588 e. The van der Waals surface area contributed by atoms with Crippen LogP contribution in [0.1, 0.15) is 11.1 Å². The first kappa shape index (κ1) is 8.09. The van der Waals surface area contributed by atoms with Gasteiger partial charge < -0.3 is 0 Å². The van der Waals surface area contributed by atoms with Crippen molar-refractivity contribution in [3.63, 3.8) is 0 Å². The van der Waals surface area contributed by atoms with E-state index in [4.69, 9.17) is 0 Å². The van der Waals surface area contributed by atoms with Crippen LogP contribution in [0.5, 0.6) is 0 Å². The molecule has 1 aliphatic rings. The Morgan fingerprint density at radius 1 is 1.13 bits per heavy atom. The van der Waals surface area contributed by atoms with Gasteiger partial charge in [0.2, 0.25) is 0 Å². The van der Waals surface area contributed by atoms with Gasteiger partial charge in [-0.15, -0.1) is 10.2 Å². The number of nitrogens with zero attached hydrogens (tertiary/aromatic N) is 3. The summed E-state index contributed by atoms with van der Waals surface area (Å²) in [6.07, 6.45) is 7.22. The van der Waals surface area contributed by atoms with E-state index in [1.54, 1.807) is 12.4 Å². The number of pyridine rings is 1. The predicted octanol–water partition coefficient (Wildman–Crippen LogP) is 2.27. The Labute approximate surface area is 86.5 Å². The molecule has 0 spiro atoms. The molecule has 0 N–H and O–H groups in total. The minimum absolute atomic E-state index is 1.07. The highest BCUT2D eigenvalue weighted by Gasteiger charge is 2.04. The molecule has 0 radical (unpaired) electrons. The lowest BCUT2D eigenvalue weighted by Crippen LogP contribution is -1.89. The first-order valence-electron chi connectivity index (χ1n) is 4.64. The van der Waals surface area contributed by atoms with Crippen LogP contribution < -0.4 is 0 Å². The minimum Gasteiger partial charge on any atom is -0.264 e. The summed E-state index contributed by atoms with van der Waals surface area (Å²) >= 11 is 0. The Bertz CT molecular complexity index is 620. The molecule has 0 amide bonds. The number of rotatable bonds is 0. The topological polar surface area (TPSA) is 37.6 Å². The van der Waals surface area contributed by atoms with E-state index in [1.807, 2.05) is 30.5 Å². The maximum absolute atomic E-state index is 4.09. The summed E-state index contributed by atoms with van der Waals surface area (Å²) in [5.41, 5.74) is 2.15. The third-order valence-electron chi connectivity index (χ3n) is 2.42. The van der Waals surface area contributed by atoms with E-state index in [0.29, 0.717) is 0 Å². The lowest BCUT2D eigenvalue weighted by Gasteiger charge is -2.03. The van der Waals surface area contributed by atoms with Crippen molar-refractivity contribution in [1.29, 1.82) is 0 Å². The molecule has 1 aromatic carbocycles. The Kier molecular flexibility index (Phi) is 1.70. The average molecular weight is 193 g/mol. The second-order valence-electron chi connectivity index (χ2n) is 3.28. The van der Waals surface area contributed by atoms with E-state index < -0.39 is 0 Å². The van der Waals surface area contributed by atoms with Crippen LogP contribution >= 0.6 is 0 Å². The van der Waals surface area contributed by atoms with E-state index in [1.165, 1.54) is 0 Å². The molecule has 1 aromatic heterocycles. The van der Waals surface area contributed by atoms with E-state index in [-0.39, 0.29) is 0 Å². The highest BCUT2D eigenvalue weighted by atomic mass is 15.2. The zero-order valence-electron chi connectivity index (χ0n) is 7.88. The van der Waals surface area contributed by atoms with Gasteiger partial charge in [0.05, 0.1) is 6.21 Å². The molecule has 0 saturated carbocycles. The largest absolute Gasteiger partial charge is 0.264 e. The van der Waals surface area contributed by atoms with Crippen molar-refractivity contribution in [2.24, 2.45) is 10.2 Å². The molecule has 1 aliphatic heterocycles. The monoisotopic (exact) mass is 193 g/mol. The molecule has 0 saturated heterocycles. The lowest BCUT2D eigenvalue weighted by atomic mass is 10.0. The fourth-order valence-corrected chi connectivity index (χ4v) is 1.70. The molecule has 2 heterocycles. The smallest absolute Gasteiger partial charge is 0.0588 e. The molecule has 0 aliphatic carbocycles. The van der Waals surface area contributed by atoms with Gasteiger partial charge in [0.25, 0.3) is 0 Å². The van der Waals surface area contributed by atoms with Crippen LogP contribution in [0.4, 0.5) is 0 Å². The highest BCUT2D eigenvalue weighted by Crippen LogP contribution is 2.21. The first-order valence-corrected chi connectivity index (χ1v) is 4.64. The quantitative estimate of drug-likeness (QED) is 0.632.